The fraction of sp³-hybridized carbons (Fsp3) is 1.00. The molecule has 0 rings (SSSR count). The molecule has 0 unspecified atom stereocenters. The fourth-order valence-electron chi connectivity index (χ4n) is 2.34. The van der Waals surface area contributed by atoms with Crippen LogP contribution in [0.1, 0.15) is 96.8 Å². The summed E-state index contributed by atoms with van der Waals surface area (Å²) in [5.41, 5.74) is 5.47. The van der Waals surface area contributed by atoms with Crippen molar-refractivity contribution in [2.24, 2.45) is 5.73 Å². The zero-order valence-electron chi connectivity index (χ0n) is 12.7. The number of rotatable bonds is 14. The Morgan fingerprint density at radius 2 is 0.778 bits per heavy atom. The molecule has 0 aromatic heterocycles. The zero-order chi connectivity index (χ0) is 12.6. The first-order chi connectivity index (χ1) is 8.41. The summed E-state index contributed by atoms with van der Waals surface area (Å²) in [6.45, 7) is 3.16. The Kier molecular flexibility index (Phi) is 22.5. The van der Waals surface area contributed by atoms with Crippen LogP contribution < -0.4 is 5.73 Å². The van der Waals surface area contributed by atoms with E-state index in [4.69, 9.17) is 5.73 Å². The summed E-state index contributed by atoms with van der Waals surface area (Å²) in [6.07, 6.45) is 19.9. The molecule has 0 amide bonds. The van der Waals surface area contributed by atoms with Crippen LogP contribution in [0.4, 0.5) is 0 Å². The van der Waals surface area contributed by atoms with Gasteiger partial charge in [0, 0.05) is 0 Å². The van der Waals surface area contributed by atoms with Crippen LogP contribution in [-0.2, 0) is 0 Å². The monoisotopic (exact) mass is 275 g/mol. The molecule has 0 saturated heterocycles. The van der Waals surface area contributed by atoms with Crippen molar-refractivity contribution >= 4 is 13.5 Å². The van der Waals surface area contributed by atoms with Crippen molar-refractivity contribution in [3.05, 3.63) is 0 Å². The fourth-order valence-corrected chi connectivity index (χ4v) is 2.34. The van der Waals surface area contributed by atoms with E-state index < -0.39 is 0 Å². The van der Waals surface area contributed by atoms with Gasteiger partial charge in [0.1, 0.15) is 0 Å². The van der Waals surface area contributed by atoms with E-state index in [2.05, 4.69) is 6.92 Å². The minimum atomic E-state index is 0. The van der Waals surface area contributed by atoms with Gasteiger partial charge in [-0.2, -0.15) is 13.5 Å². The van der Waals surface area contributed by atoms with Gasteiger partial charge in [0.15, 0.2) is 0 Å². The van der Waals surface area contributed by atoms with Crippen LogP contribution in [0.25, 0.3) is 0 Å². The summed E-state index contributed by atoms with van der Waals surface area (Å²) < 4.78 is 0. The molecular formula is C16H37NS. The Balaban J connectivity index is 0. The predicted molar refractivity (Wildman–Crippen MR) is 89.7 cm³/mol. The van der Waals surface area contributed by atoms with Crippen LogP contribution in [0.5, 0.6) is 0 Å². The second-order valence-electron chi connectivity index (χ2n) is 5.38. The lowest BCUT2D eigenvalue weighted by Crippen LogP contribution is -1.97. The van der Waals surface area contributed by atoms with E-state index in [1.165, 1.54) is 89.9 Å². The summed E-state index contributed by atoms with van der Waals surface area (Å²) in [4.78, 5) is 0. The van der Waals surface area contributed by atoms with Gasteiger partial charge in [-0.1, -0.05) is 90.4 Å². The Bertz CT molecular complexity index is 114. The Morgan fingerprint density at radius 3 is 1.06 bits per heavy atom. The molecule has 0 bridgehead atoms. The number of nitrogens with two attached hydrogens (primary N) is 1. The standard InChI is InChI=1S/C16H35N.H2S/c1-2-3-4-5-6-7-8-9-10-11-12-13-14-15-16-17;/h2-17H2,1H3;1H2. The van der Waals surface area contributed by atoms with Crippen LogP contribution in [0.2, 0.25) is 0 Å². The molecule has 0 aromatic carbocycles. The van der Waals surface area contributed by atoms with Gasteiger partial charge in [0.2, 0.25) is 0 Å². The second-order valence-corrected chi connectivity index (χ2v) is 5.38. The lowest BCUT2D eigenvalue weighted by atomic mass is 10.0. The van der Waals surface area contributed by atoms with Gasteiger partial charge < -0.3 is 5.73 Å². The summed E-state index contributed by atoms with van der Waals surface area (Å²) in [5.74, 6) is 0. The zero-order valence-corrected chi connectivity index (χ0v) is 13.7. The number of unbranched alkanes of at least 4 members (excludes halogenated alkanes) is 13. The first kappa shape index (κ1) is 20.6. The topological polar surface area (TPSA) is 26.0 Å². The Labute approximate surface area is 123 Å². The van der Waals surface area contributed by atoms with Crippen LogP contribution in [-0.4, -0.2) is 6.54 Å². The van der Waals surface area contributed by atoms with Crippen molar-refractivity contribution in [1.29, 1.82) is 0 Å². The molecule has 0 aliphatic carbocycles. The molecular weight excluding hydrogens is 238 g/mol. The molecule has 1 nitrogen and oxygen atoms in total. The second kappa shape index (κ2) is 19.6. The number of hydrogen-bond donors (Lipinski definition) is 1. The normalized spacial score (nSPS) is 10.3. The summed E-state index contributed by atoms with van der Waals surface area (Å²) in [5, 5.41) is 0. The van der Waals surface area contributed by atoms with E-state index in [0.717, 1.165) is 6.54 Å². The minimum Gasteiger partial charge on any atom is -0.330 e. The smallest absolute Gasteiger partial charge is 0.00773 e. The SMILES string of the molecule is CCCCCCCCCCCCCCCCN.S. The predicted octanol–water partition coefficient (Wildman–Crippen LogP) is 5.54. The number of hydrogen-bond acceptors (Lipinski definition) is 1. The maximum Gasteiger partial charge on any atom is -0.00773 e. The molecule has 0 radical (unpaired) electrons. The average molecular weight is 276 g/mol. The van der Waals surface area contributed by atoms with Gasteiger partial charge in [-0.3, -0.25) is 0 Å². The Morgan fingerprint density at radius 1 is 0.500 bits per heavy atom. The third-order valence-corrected chi connectivity index (χ3v) is 3.56. The van der Waals surface area contributed by atoms with Crippen LogP contribution in [0.3, 0.4) is 0 Å². The van der Waals surface area contributed by atoms with Crippen molar-refractivity contribution in [3.8, 4) is 0 Å². The third kappa shape index (κ3) is 18.7. The van der Waals surface area contributed by atoms with E-state index in [0.29, 0.717) is 0 Å². The molecule has 0 aliphatic heterocycles. The highest BCUT2D eigenvalue weighted by Gasteiger charge is 1.93. The van der Waals surface area contributed by atoms with Crippen LogP contribution in [0, 0.1) is 0 Å². The van der Waals surface area contributed by atoms with Crippen LogP contribution >= 0.6 is 13.5 Å². The third-order valence-electron chi connectivity index (χ3n) is 3.56. The van der Waals surface area contributed by atoms with Crippen molar-refractivity contribution in [1.82, 2.24) is 0 Å². The van der Waals surface area contributed by atoms with Crippen molar-refractivity contribution in [3.63, 3.8) is 0 Å². The average Bonchev–Trinajstić information content (AvgIpc) is 2.35. The summed E-state index contributed by atoms with van der Waals surface area (Å²) in [7, 11) is 0. The first-order valence-electron chi connectivity index (χ1n) is 8.12. The van der Waals surface area contributed by atoms with E-state index in [9.17, 15) is 0 Å². The molecule has 18 heavy (non-hydrogen) atoms. The van der Waals surface area contributed by atoms with Crippen molar-refractivity contribution in [2.75, 3.05) is 6.54 Å². The quantitative estimate of drug-likeness (QED) is 0.414. The highest BCUT2D eigenvalue weighted by Crippen LogP contribution is 2.12. The molecule has 0 spiro atoms. The highest BCUT2D eigenvalue weighted by molar-refractivity contribution is 7.59. The maximum atomic E-state index is 5.47. The van der Waals surface area contributed by atoms with E-state index in [1.807, 2.05) is 0 Å². The highest BCUT2D eigenvalue weighted by atomic mass is 32.1. The maximum absolute atomic E-state index is 5.47. The molecule has 0 saturated carbocycles. The molecule has 0 aliphatic rings. The van der Waals surface area contributed by atoms with Gasteiger partial charge in [-0.25, -0.2) is 0 Å². The lowest BCUT2D eigenvalue weighted by Gasteiger charge is -2.02. The molecule has 2 heteroatoms. The van der Waals surface area contributed by atoms with Crippen molar-refractivity contribution < 1.29 is 0 Å². The minimum absolute atomic E-state index is 0. The molecule has 0 heterocycles. The van der Waals surface area contributed by atoms with E-state index >= 15 is 0 Å². The van der Waals surface area contributed by atoms with E-state index in [-0.39, 0.29) is 13.5 Å². The molecule has 2 N–H and O–H groups in total. The molecule has 0 aromatic rings. The van der Waals surface area contributed by atoms with Gasteiger partial charge in [-0.05, 0) is 13.0 Å². The van der Waals surface area contributed by atoms with Crippen molar-refractivity contribution in [2.45, 2.75) is 96.8 Å². The van der Waals surface area contributed by atoms with Gasteiger partial charge >= 0.3 is 0 Å². The van der Waals surface area contributed by atoms with Crippen LogP contribution in [0.15, 0.2) is 0 Å². The van der Waals surface area contributed by atoms with Gasteiger partial charge in [0.05, 0.1) is 0 Å². The van der Waals surface area contributed by atoms with Gasteiger partial charge in [0.25, 0.3) is 0 Å². The van der Waals surface area contributed by atoms with E-state index in [1.54, 1.807) is 0 Å². The molecule has 0 atom stereocenters. The summed E-state index contributed by atoms with van der Waals surface area (Å²) in [6, 6.07) is 0. The Hall–Kier alpha value is 0.310. The first-order valence-corrected chi connectivity index (χ1v) is 8.12. The lowest BCUT2D eigenvalue weighted by molar-refractivity contribution is 0.536. The summed E-state index contributed by atoms with van der Waals surface area (Å²) >= 11 is 0. The largest absolute Gasteiger partial charge is 0.330 e. The van der Waals surface area contributed by atoms with Gasteiger partial charge in [-0.15, -0.1) is 0 Å². The molecule has 0 fully saturated rings. The molecule has 112 valence electrons.